The highest BCUT2D eigenvalue weighted by molar-refractivity contribution is 5.02. The maximum absolute atomic E-state index is 11.8. The molecular weight excluding hydrogens is 157 g/mol. The summed E-state index contributed by atoms with van der Waals surface area (Å²) in [7, 11) is 0. The number of nitrogens with zero attached hydrogens (tertiary/aromatic N) is 2. The molecule has 0 unspecified atom stereocenters. The molecule has 0 atom stereocenters. The monoisotopic (exact) mass is 161 g/mol. The maximum Gasteiger partial charge on any atom is 0.434 e. The van der Waals surface area contributed by atoms with E-state index < -0.39 is 11.9 Å². The lowest BCUT2D eigenvalue weighted by Crippen LogP contribution is -2.08. The van der Waals surface area contributed by atoms with E-state index in [2.05, 4.69) is 16.2 Å². The van der Waals surface area contributed by atoms with Crippen LogP contribution in [-0.4, -0.2) is 9.97 Å². The minimum absolute atomic E-state index is 0.345. The molecule has 0 saturated heterocycles. The molecule has 1 aromatic rings. The Morgan fingerprint density at radius 3 is 2.45 bits per heavy atom. The second kappa shape index (κ2) is 2.48. The molecule has 0 amide bonds. The first kappa shape index (κ1) is 7.97. The van der Waals surface area contributed by atoms with Crippen molar-refractivity contribution in [3.05, 3.63) is 23.8 Å². The van der Waals surface area contributed by atoms with Crippen molar-refractivity contribution in [3.63, 3.8) is 0 Å². The highest BCUT2D eigenvalue weighted by Crippen LogP contribution is 2.26. The summed E-state index contributed by atoms with van der Waals surface area (Å²) in [4.78, 5) is 6.44. The Morgan fingerprint density at radius 1 is 1.45 bits per heavy atom. The van der Waals surface area contributed by atoms with Crippen molar-refractivity contribution in [2.24, 2.45) is 0 Å². The Kier molecular flexibility index (Phi) is 1.80. The fourth-order valence-electron chi connectivity index (χ4n) is 0.493. The normalized spacial score (nSPS) is 11.6. The number of alkyl halides is 3. The van der Waals surface area contributed by atoms with E-state index in [4.69, 9.17) is 0 Å². The van der Waals surface area contributed by atoms with Gasteiger partial charge in [-0.25, -0.2) is 4.98 Å². The van der Waals surface area contributed by atoms with Gasteiger partial charge < -0.3 is 0 Å². The zero-order chi connectivity index (χ0) is 8.48. The largest absolute Gasteiger partial charge is 0.434 e. The van der Waals surface area contributed by atoms with Crippen LogP contribution in [0.1, 0.15) is 11.4 Å². The average molecular weight is 161 g/mol. The molecule has 0 aliphatic heterocycles. The number of hydrogen-bond donors (Lipinski definition) is 0. The molecule has 1 aromatic heterocycles. The zero-order valence-electron chi connectivity index (χ0n) is 5.61. The third-order valence-electron chi connectivity index (χ3n) is 1.01. The minimum atomic E-state index is -4.42. The summed E-state index contributed by atoms with van der Waals surface area (Å²) in [5, 5.41) is 0. The van der Waals surface area contributed by atoms with Crippen molar-refractivity contribution in [2.45, 2.75) is 13.1 Å². The fraction of sp³-hybridized carbons (Fsp3) is 0.333. The predicted octanol–water partition coefficient (Wildman–Crippen LogP) is 1.60. The molecule has 0 bridgehead atoms. The van der Waals surface area contributed by atoms with Crippen LogP contribution < -0.4 is 0 Å². The summed E-state index contributed by atoms with van der Waals surface area (Å²) in [5.74, 6) is 0. The van der Waals surface area contributed by atoms with Crippen molar-refractivity contribution < 1.29 is 13.2 Å². The first-order chi connectivity index (χ1) is 5.00. The van der Waals surface area contributed by atoms with Gasteiger partial charge in [0.1, 0.15) is 6.20 Å². The molecule has 59 valence electrons. The molecule has 0 N–H and O–H groups in total. The van der Waals surface area contributed by atoms with Crippen LogP contribution in [-0.2, 0) is 6.18 Å². The average Bonchev–Trinajstić information content (AvgIpc) is 1.86. The Balaban J connectivity index is 2.99. The molecule has 5 heteroatoms. The predicted molar refractivity (Wildman–Crippen MR) is 30.6 cm³/mol. The molecule has 1 radical (unpaired) electrons. The van der Waals surface area contributed by atoms with Gasteiger partial charge in [-0.15, -0.1) is 0 Å². The number of aryl methyl sites for hydroxylation is 1. The Morgan fingerprint density at radius 2 is 2.09 bits per heavy atom. The van der Waals surface area contributed by atoms with E-state index in [1.54, 1.807) is 0 Å². The molecule has 2 nitrogen and oxygen atoms in total. The van der Waals surface area contributed by atoms with E-state index in [1.165, 1.54) is 6.92 Å². The summed E-state index contributed by atoms with van der Waals surface area (Å²) in [6.07, 6.45) is -1.61. The van der Waals surface area contributed by atoms with Gasteiger partial charge >= 0.3 is 6.18 Å². The highest BCUT2D eigenvalue weighted by atomic mass is 19.4. The smallest absolute Gasteiger partial charge is 0.257 e. The van der Waals surface area contributed by atoms with Crippen LogP contribution in [0.5, 0.6) is 0 Å². The molecule has 1 heterocycles. The molecule has 1 rings (SSSR count). The van der Waals surface area contributed by atoms with Crippen LogP contribution in [0.25, 0.3) is 0 Å². The second-order valence-electron chi connectivity index (χ2n) is 1.95. The van der Waals surface area contributed by atoms with Crippen molar-refractivity contribution in [1.29, 1.82) is 0 Å². The van der Waals surface area contributed by atoms with Gasteiger partial charge in [0.15, 0.2) is 5.69 Å². The topological polar surface area (TPSA) is 25.8 Å². The lowest BCUT2D eigenvalue weighted by molar-refractivity contribution is -0.141. The fourth-order valence-corrected chi connectivity index (χ4v) is 0.493. The van der Waals surface area contributed by atoms with Crippen LogP contribution in [0.4, 0.5) is 13.2 Å². The second-order valence-corrected chi connectivity index (χ2v) is 1.95. The Bertz CT molecular complexity index is 239. The first-order valence-corrected chi connectivity index (χ1v) is 2.78. The van der Waals surface area contributed by atoms with Crippen LogP contribution in [0.3, 0.4) is 0 Å². The number of halogens is 3. The quantitative estimate of drug-likeness (QED) is 0.577. The highest BCUT2D eigenvalue weighted by Gasteiger charge is 2.32. The van der Waals surface area contributed by atoms with Gasteiger partial charge in [-0.2, -0.15) is 13.2 Å². The van der Waals surface area contributed by atoms with Gasteiger partial charge in [-0.1, -0.05) is 0 Å². The number of rotatable bonds is 0. The van der Waals surface area contributed by atoms with Gasteiger partial charge in [0.25, 0.3) is 0 Å². The Labute approximate surface area is 61.1 Å². The molecule has 0 aromatic carbocycles. The van der Waals surface area contributed by atoms with Crippen molar-refractivity contribution in [1.82, 2.24) is 9.97 Å². The molecule has 11 heavy (non-hydrogen) atoms. The third-order valence-corrected chi connectivity index (χ3v) is 1.01. The van der Waals surface area contributed by atoms with Crippen molar-refractivity contribution in [3.8, 4) is 0 Å². The van der Waals surface area contributed by atoms with Crippen molar-refractivity contribution in [2.75, 3.05) is 0 Å². The van der Waals surface area contributed by atoms with E-state index in [-0.39, 0.29) is 0 Å². The van der Waals surface area contributed by atoms with Crippen molar-refractivity contribution >= 4 is 0 Å². The molecule has 0 aliphatic carbocycles. The van der Waals surface area contributed by atoms with Crippen LogP contribution in [0, 0.1) is 13.1 Å². The van der Waals surface area contributed by atoms with Gasteiger partial charge in [0, 0.05) is 0 Å². The lowest BCUT2D eigenvalue weighted by Gasteiger charge is -2.02. The number of aromatic nitrogens is 2. The van der Waals surface area contributed by atoms with Gasteiger partial charge in [-0.3, -0.25) is 4.98 Å². The van der Waals surface area contributed by atoms with E-state index in [1.807, 2.05) is 0 Å². The maximum atomic E-state index is 11.8. The van der Waals surface area contributed by atoms with E-state index >= 15 is 0 Å². The molecule has 0 spiro atoms. The standard InChI is InChI=1S/C6H4F3N2/c1-4-2-11-5(3-10-4)6(7,8)9/h3H,1H3. The van der Waals surface area contributed by atoms with Crippen LogP contribution in [0.2, 0.25) is 0 Å². The zero-order valence-corrected chi connectivity index (χ0v) is 5.61. The Hall–Kier alpha value is -1.13. The molecule has 0 aliphatic rings. The van der Waals surface area contributed by atoms with Gasteiger partial charge in [-0.05, 0) is 6.92 Å². The summed E-state index contributed by atoms with van der Waals surface area (Å²) >= 11 is 0. The summed E-state index contributed by atoms with van der Waals surface area (Å²) < 4.78 is 35.4. The van der Waals surface area contributed by atoms with E-state index in [9.17, 15) is 13.2 Å². The van der Waals surface area contributed by atoms with E-state index in [0.29, 0.717) is 11.9 Å². The lowest BCUT2D eigenvalue weighted by atomic mass is 10.4. The first-order valence-electron chi connectivity index (χ1n) is 2.78. The summed E-state index contributed by atoms with van der Waals surface area (Å²) in [6, 6.07) is 0. The van der Waals surface area contributed by atoms with Crippen LogP contribution >= 0.6 is 0 Å². The SMILES string of the molecule is Cc1[c]nc(C(F)(F)F)cn1. The van der Waals surface area contributed by atoms with E-state index in [0.717, 1.165) is 0 Å². The molecule has 0 saturated carbocycles. The molecular formula is C6H4F3N2. The summed E-state index contributed by atoms with van der Waals surface area (Å²) in [6.45, 7) is 1.52. The third kappa shape index (κ3) is 1.89. The molecule has 0 fully saturated rings. The summed E-state index contributed by atoms with van der Waals surface area (Å²) in [5.41, 5.74) is -0.666. The van der Waals surface area contributed by atoms with Crippen LogP contribution in [0.15, 0.2) is 6.20 Å². The van der Waals surface area contributed by atoms with Gasteiger partial charge in [0.2, 0.25) is 0 Å². The minimum Gasteiger partial charge on any atom is -0.257 e. The number of hydrogen-bond acceptors (Lipinski definition) is 2. The van der Waals surface area contributed by atoms with Gasteiger partial charge in [0.05, 0.1) is 11.9 Å².